The fourth-order valence-electron chi connectivity index (χ4n) is 4.46. The Kier molecular flexibility index (Phi) is 7.95. The SMILES string of the molecule is CC(C)(C)OC(=O)NCc1cncc(C[C@H](NC(=O)OCC2c3ccccc3-c3ccccc32)C(=O)O)c1. The van der Waals surface area contributed by atoms with E-state index >= 15 is 0 Å². The number of aliphatic carboxylic acids is 1. The second-order valence-electron chi connectivity index (χ2n) is 10.1. The molecule has 0 bridgehead atoms. The van der Waals surface area contributed by atoms with Crippen molar-refractivity contribution in [3.8, 4) is 11.1 Å². The summed E-state index contributed by atoms with van der Waals surface area (Å²) in [5.74, 6) is -1.33. The largest absolute Gasteiger partial charge is 0.480 e. The maximum atomic E-state index is 12.6. The number of hydrogen-bond donors (Lipinski definition) is 3. The van der Waals surface area contributed by atoms with Crippen LogP contribution in [0.25, 0.3) is 11.1 Å². The van der Waals surface area contributed by atoms with Crippen LogP contribution < -0.4 is 10.6 Å². The minimum atomic E-state index is -1.22. The van der Waals surface area contributed by atoms with Crippen LogP contribution >= 0.6 is 0 Å². The molecule has 0 radical (unpaired) electrons. The van der Waals surface area contributed by atoms with Crippen LogP contribution in [0, 0.1) is 0 Å². The van der Waals surface area contributed by atoms with Gasteiger partial charge in [-0.3, -0.25) is 4.98 Å². The molecule has 198 valence electrons. The maximum Gasteiger partial charge on any atom is 0.407 e. The molecule has 0 fully saturated rings. The number of benzene rings is 2. The molecule has 1 heterocycles. The molecule has 3 aromatic rings. The van der Waals surface area contributed by atoms with Crippen molar-refractivity contribution in [2.45, 2.75) is 51.3 Å². The van der Waals surface area contributed by atoms with E-state index in [0.29, 0.717) is 11.1 Å². The van der Waals surface area contributed by atoms with Gasteiger partial charge in [-0.1, -0.05) is 54.6 Å². The van der Waals surface area contributed by atoms with E-state index in [-0.39, 0.29) is 25.5 Å². The van der Waals surface area contributed by atoms with Crippen LogP contribution in [0.5, 0.6) is 0 Å². The van der Waals surface area contributed by atoms with Gasteiger partial charge < -0.3 is 25.2 Å². The standard InChI is InChI=1S/C29H31N3O6/c1-29(2,3)38-27(35)31-16-19-12-18(14-30-15-19)13-25(26(33)34)32-28(36)37-17-24-22-10-6-4-8-20(22)21-9-5-7-11-23(21)24/h4-12,14-15,24-25H,13,16-17H2,1-3H3,(H,31,35)(H,32,36)(H,33,34)/t25-/m0/s1. The van der Waals surface area contributed by atoms with Crippen molar-refractivity contribution in [3.05, 3.63) is 89.2 Å². The van der Waals surface area contributed by atoms with E-state index in [9.17, 15) is 19.5 Å². The fourth-order valence-corrected chi connectivity index (χ4v) is 4.46. The summed E-state index contributed by atoms with van der Waals surface area (Å²) in [6, 6.07) is 16.5. The summed E-state index contributed by atoms with van der Waals surface area (Å²) in [6.45, 7) is 5.55. The summed E-state index contributed by atoms with van der Waals surface area (Å²) < 4.78 is 10.7. The molecule has 4 rings (SSSR count). The molecule has 1 aliphatic carbocycles. The highest BCUT2D eigenvalue weighted by molar-refractivity contribution is 5.81. The Labute approximate surface area is 221 Å². The van der Waals surface area contributed by atoms with Crippen LogP contribution in [-0.2, 0) is 27.2 Å². The molecule has 0 aliphatic heterocycles. The number of fused-ring (bicyclic) bond motifs is 3. The van der Waals surface area contributed by atoms with E-state index in [0.717, 1.165) is 22.3 Å². The predicted octanol–water partition coefficient (Wildman–Crippen LogP) is 4.64. The number of hydrogen-bond acceptors (Lipinski definition) is 6. The zero-order valence-electron chi connectivity index (χ0n) is 21.6. The van der Waals surface area contributed by atoms with Crippen LogP contribution in [0.15, 0.2) is 67.0 Å². The van der Waals surface area contributed by atoms with Gasteiger partial charge in [-0.25, -0.2) is 14.4 Å². The first-order valence-corrected chi connectivity index (χ1v) is 12.3. The lowest BCUT2D eigenvalue weighted by atomic mass is 9.98. The minimum absolute atomic E-state index is 0.00714. The van der Waals surface area contributed by atoms with Gasteiger partial charge in [0.1, 0.15) is 18.2 Å². The number of ether oxygens (including phenoxy) is 2. The summed E-state index contributed by atoms with van der Waals surface area (Å²) in [6.07, 6.45) is 1.70. The van der Waals surface area contributed by atoms with Gasteiger partial charge in [0.25, 0.3) is 0 Å². The normalized spacial score (nSPS) is 13.1. The molecule has 2 aromatic carbocycles. The molecule has 9 nitrogen and oxygen atoms in total. The lowest BCUT2D eigenvalue weighted by molar-refractivity contribution is -0.139. The Morgan fingerprint density at radius 2 is 1.55 bits per heavy atom. The van der Waals surface area contributed by atoms with Crippen molar-refractivity contribution in [1.82, 2.24) is 15.6 Å². The van der Waals surface area contributed by atoms with Crippen molar-refractivity contribution in [3.63, 3.8) is 0 Å². The van der Waals surface area contributed by atoms with Crippen molar-refractivity contribution in [1.29, 1.82) is 0 Å². The lowest BCUT2D eigenvalue weighted by Crippen LogP contribution is -2.43. The van der Waals surface area contributed by atoms with Gasteiger partial charge in [-0.15, -0.1) is 0 Å². The summed E-state index contributed by atoms with van der Waals surface area (Å²) >= 11 is 0. The van der Waals surface area contributed by atoms with E-state index in [2.05, 4.69) is 15.6 Å². The number of pyridine rings is 1. The second-order valence-corrected chi connectivity index (χ2v) is 10.1. The molecule has 1 atom stereocenters. The highest BCUT2D eigenvalue weighted by atomic mass is 16.6. The Hall–Kier alpha value is -4.40. The summed E-state index contributed by atoms with van der Waals surface area (Å²) in [7, 11) is 0. The highest BCUT2D eigenvalue weighted by Crippen LogP contribution is 2.44. The number of alkyl carbamates (subject to hydrolysis) is 2. The summed E-state index contributed by atoms with van der Waals surface area (Å²) in [5.41, 5.74) is 4.98. The summed E-state index contributed by atoms with van der Waals surface area (Å²) in [5, 5.41) is 14.8. The molecule has 3 N–H and O–H groups in total. The number of aromatic nitrogens is 1. The van der Waals surface area contributed by atoms with E-state index in [1.54, 1.807) is 33.0 Å². The molecular formula is C29H31N3O6. The number of nitrogens with zero attached hydrogens (tertiary/aromatic N) is 1. The molecule has 9 heteroatoms. The maximum absolute atomic E-state index is 12.6. The average molecular weight is 518 g/mol. The lowest BCUT2D eigenvalue weighted by Gasteiger charge is -2.20. The third-order valence-electron chi connectivity index (χ3n) is 6.06. The highest BCUT2D eigenvalue weighted by Gasteiger charge is 2.30. The van der Waals surface area contributed by atoms with Gasteiger partial charge >= 0.3 is 18.2 Å². The van der Waals surface area contributed by atoms with Crippen molar-refractivity contribution in [2.24, 2.45) is 0 Å². The zero-order valence-corrected chi connectivity index (χ0v) is 21.6. The Morgan fingerprint density at radius 1 is 0.947 bits per heavy atom. The monoisotopic (exact) mass is 517 g/mol. The molecule has 0 saturated heterocycles. The predicted molar refractivity (Wildman–Crippen MR) is 141 cm³/mol. The van der Waals surface area contributed by atoms with Crippen LogP contribution in [0.2, 0.25) is 0 Å². The molecular weight excluding hydrogens is 486 g/mol. The van der Waals surface area contributed by atoms with Crippen LogP contribution in [-0.4, -0.2) is 46.5 Å². The topological polar surface area (TPSA) is 127 Å². The number of carboxylic acids is 1. The first-order chi connectivity index (χ1) is 18.1. The van der Waals surface area contributed by atoms with Crippen LogP contribution in [0.3, 0.4) is 0 Å². The quantitative estimate of drug-likeness (QED) is 0.397. The number of carbonyl (C=O) groups is 3. The number of amides is 2. The van der Waals surface area contributed by atoms with Crippen LogP contribution in [0.4, 0.5) is 9.59 Å². The minimum Gasteiger partial charge on any atom is -0.480 e. The first-order valence-electron chi connectivity index (χ1n) is 12.3. The van der Waals surface area contributed by atoms with Crippen LogP contribution in [0.1, 0.15) is 48.9 Å². The van der Waals surface area contributed by atoms with E-state index in [1.165, 1.54) is 6.20 Å². The Balaban J connectivity index is 1.35. The first kappa shape index (κ1) is 26.7. The van der Waals surface area contributed by atoms with Crippen molar-refractivity contribution >= 4 is 18.2 Å². The molecule has 0 unspecified atom stereocenters. The van der Waals surface area contributed by atoms with E-state index in [1.807, 2.05) is 48.5 Å². The number of carbonyl (C=O) groups excluding carboxylic acids is 2. The number of carboxylic acid groups (broad SMARTS) is 1. The zero-order chi connectivity index (χ0) is 27.3. The van der Waals surface area contributed by atoms with Gasteiger partial charge in [-0.2, -0.15) is 0 Å². The Morgan fingerprint density at radius 3 is 2.16 bits per heavy atom. The molecule has 0 spiro atoms. The van der Waals surface area contributed by atoms with E-state index in [4.69, 9.17) is 9.47 Å². The number of nitrogens with one attached hydrogen (secondary N) is 2. The second kappa shape index (κ2) is 11.3. The molecule has 1 aliphatic rings. The molecule has 2 amide bonds. The fraction of sp³-hybridized carbons (Fsp3) is 0.310. The van der Waals surface area contributed by atoms with Gasteiger partial charge in [0.05, 0.1) is 0 Å². The Bertz CT molecular complexity index is 1290. The molecule has 1 aromatic heterocycles. The van der Waals surface area contributed by atoms with Crippen molar-refractivity contribution < 1.29 is 29.0 Å². The average Bonchev–Trinajstić information content (AvgIpc) is 3.19. The van der Waals surface area contributed by atoms with Gasteiger partial charge in [0.15, 0.2) is 0 Å². The number of rotatable bonds is 8. The van der Waals surface area contributed by atoms with Gasteiger partial charge in [0.2, 0.25) is 0 Å². The third kappa shape index (κ3) is 6.67. The van der Waals surface area contributed by atoms with Crippen molar-refractivity contribution in [2.75, 3.05) is 6.61 Å². The molecule has 38 heavy (non-hydrogen) atoms. The molecule has 0 saturated carbocycles. The smallest absolute Gasteiger partial charge is 0.407 e. The van der Waals surface area contributed by atoms with E-state index < -0.39 is 29.8 Å². The summed E-state index contributed by atoms with van der Waals surface area (Å²) in [4.78, 5) is 40.5. The van der Waals surface area contributed by atoms with Gasteiger partial charge in [0, 0.05) is 31.3 Å². The van der Waals surface area contributed by atoms with Gasteiger partial charge in [-0.05, 0) is 54.2 Å². The third-order valence-corrected chi connectivity index (χ3v) is 6.06.